The maximum Gasteiger partial charge on any atom is 0.272 e. The highest BCUT2D eigenvalue weighted by molar-refractivity contribution is 5.55. The second kappa shape index (κ2) is 6.81. The van der Waals surface area contributed by atoms with Gasteiger partial charge in [-0.2, -0.15) is 0 Å². The van der Waals surface area contributed by atoms with E-state index in [4.69, 9.17) is 4.42 Å². The molecule has 0 aliphatic carbocycles. The third kappa shape index (κ3) is 3.39. The molecule has 0 saturated heterocycles. The van der Waals surface area contributed by atoms with Crippen LogP contribution in [0.5, 0.6) is 0 Å². The largest absolute Gasteiger partial charge is 0.419 e. The van der Waals surface area contributed by atoms with Gasteiger partial charge >= 0.3 is 0 Å². The standard InChI is InChI=1S/C19H20N6O2/c1-11-4-5-14(8-12(11)2)19-24-23-18(27-19)13(3)20-10-15-9-17(26)25-16(22-15)6-7-21-25/h4-9,13,20-21H,10H2,1-3H3. The molecule has 0 saturated carbocycles. The average Bonchev–Trinajstić information content (AvgIpc) is 3.31. The molecule has 1 atom stereocenters. The van der Waals surface area contributed by atoms with Crippen LogP contribution in [0.25, 0.3) is 17.1 Å². The van der Waals surface area contributed by atoms with Crippen LogP contribution in [0.1, 0.15) is 35.7 Å². The average molecular weight is 364 g/mol. The van der Waals surface area contributed by atoms with Crippen LogP contribution in [0.15, 0.2) is 45.7 Å². The van der Waals surface area contributed by atoms with E-state index in [0.717, 1.165) is 5.56 Å². The lowest BCUT2D eigenvalue weighted by Crippen LogP contribution is -2.22. The van der Waals surface area contributed by atoms with Gasteiger partial charge in [0.2, 0.25) is 11.8 Å². The number of nitrogens with zero attached hydrogens (tertiary/aromatic N) is 4. The summed E-state index contributed by atoms with van der Waals surface area (Å²) in [4.78, 5) is 16.4. The second-order valence-electron chi connectivity index (χ2n) is 6.59. The maximum atomic E-state index is 12.0. The Kier molecular flexibility index (Phi) is 4.33. The van der Waals surface area contributed by atoms with E-state index in [1.54, 1.807) is 12.3 Å². The minimum atomic E-state index is -0.177. The number of benzene rings is 1. The second-order valence-corrected chi connectivity index (χ2v) is 6.59. The maximum absolute atomic E-state index is 12.0. The van der Waals surface area contributed by atoms with Crippen LogP contribution in [0.2, 0.25) is 0 Å². The van der Waals surface area contributed by atoms with Crippen LogP contribution in [0.4, 0.5) is 0 Å². The Bertz CT molecular complexity index is 1160. The third-order valence-electron chi connectivity index (χ3n) is 4.59. The fourth-order valence-corrected chi connectivity index (χ4v) is 2.81. The van der Waals surface area contributed by atoms with Crippen LogP contribution in [-0.2, 0) is 6.54 Å². The van der Waals surface area contributed by atoms with Gasteiger partial charge in [0.15, 0.2) is 5.65 Å². The molecule has 1 aromatic carbocycles. The van der Waals surface area contributed by atoms with E-state index in [2.05, 4.69) is 39.4 Å². The number of aromatic nitrogens is 5. The van der Waals surface area contributed by atoms with Gasteiger partial charge in [-0.1, -0.05) is 6.07 Å². The molecule has 27 heavy (non-hydrogen) atoms. The molecule has 3 heterocycles. The Labute approximate surface area is 155 Å². The molecule has 8 heteroatoms. The smallest absolute Gasteiger partial charge is 0.272 e. The molecule has 3 aromatic heterocycles. The zero-order chi connectivity index (χ0) is 19.0. The van der Waals surface area contributed by atoms with Gasteiger partial charge < -0.3 is 9.73 Å². The Morgan fingerprint density at radius 1 is 1.19 bits per heavy atom. The first-order chi connectivity index (χ1) is 13.0. The fraction of sp³-hybridized carbons (Fsp3) is 0.263. The zero-order valence-electron chi connectivity index (χ0n) is 15.4. The summed E-state index contributed by atoms with van der Waals surface area (Å²) >= 11 is 0. The monoisotopic (exact) mass is 364 g/mol. The third-order valence-corrected chi connectivity index (χ3v) is 4.59. The zero-order valence-corrected chi connectivity index (χ0v) is 15.4. The number of fused-ring (bicyclic) bond motifs is 1. The minimum absolute atomic E-state index is 0.149. The van der Waals surface area contributed by atoms with Crippen LogP contribution < -0.4 is 10.9 Å². The summed E-state index contributed by atoms with van der Waals surface area (Å²) in [6, 6.07) is 9.12. The van der Waals surface area contributed by atoms with Gasteiger partial charge in [-0.05, 0) is 44.0 Å². The minimum Gasteiger partial charge on any atom is -0.419 e. The number of aromatic amines is 1. The number of rotatable bonds is 5. The van der Waals surface area contributed by atoms with Gasteiger partial charge in [0.25, 0.3) is 5.56 Å². The van der Waals surface area contributed by atoms with Crippen molar-refractivity contribution in [2.24, 2.45) is 0 Å². The molecule has 4 aromatic rings. The predicted octanol–water partition coefficient (Wildman–Crippen LogP) is 2.54. The first-order valence-corrected chi connectivity index (χ1v) is 8.72. The van der Waals surface area contributed by atoms with Crippen molar-refractivity contribution in [2.45, 2.75) is 33.4 Å². The Hall–Kier alpha value is -3.26. The molecule has 0 radical (unpaired) electrons. The Balaban J connectivity index is 1.48. The van der Waals surface area contributed by atoms with E-state index < -0.39 is 0 Å². The SMILES string of the molecule is Cc1ccc(-c2nnc(C(C)NCc3cc(=O)n4[nH]ccc4n3)o2)cc1C. The lowest BCUT2D eigenvalue weighted by molar-refractivity contribution is 0.420. The molecule has 8 nitrogen and oxygen atoms in total. The summed E-state index contributed by atoms with van der Waals surface area (Å²) in [6.07, 6.45) is 1.68. The van der Waals surface area contributed by atoms with Crippen molar-refractivity contribution in [3.63, 3.8) is 0 Å². The van der Waals surface area contributed by atoms with E-state index in [0.29, 0.717) is 29.7 Å². The van der Waals surface area contributed by atoms with Gasteiger partial charge in [0.05, 0.1) is 11.7 Å². The van der Waals surface area contributed by atoms with Crippen LogP contribution in [-0.4, -0.2) is 24.8 Å². The number of H-pyrrole nitrogens is 1. The highest BCUT2D eigenvalue weighted by Crippen LogP contribution is 2.23. The van der Waals surface area contributed by atoms with Gasteiger partial charge in [-0.3, -0.25) is 9.89 Å². The summed E-state index contributed by atoms with van der Waals surface area (Å²) in [6.45, 7) is 6.46. The Morgan fingerprint density at radius 2 is 2.04 bits per heavy atom. The van der Waals surface area contributed by atoms with Crippen molar-refractivity contribution in [3.05, 3.63) is 69.6 Å². The summed E-state index contributed by atoms with van der Waals surface area (Å²) in [7, 11) is 0. The number of hydrogen-bond donors (Lipinski definition) is 2. The summed E-state index contributed by atoms with van der Waals surface area (Å²) in [5.74, 6) is 0.981. The van der Waals surface area contributed by atoms with Crippen LogP contribution >= 0.6 is 0 Å². The van der Waals surface area contributed by atoms with Crippen molar-refractivity contribution in [1.29, 1.82) is 0 Å². The van der Waals surface area contributed by atoms with Gasteiger partial charge in [0, 0.05) is 30.4 Å². The van der Waals surface area contributed by atoms with Crippen molar-refractivity contribution < 1.29 is 4.42 Å². The normalized spacial score (nSPS) is 12.6. The molecule has 0 spiro atoms. The lowest BCUT2D eigenvalue weighted by atomic mass is 10.1. The summed E-state index contributed by atoms with van der Waals surface area (Å²) in [5.41, 5.74) is 4.38. The molecule has 0 bridgehead atoms. The van der Waals surface area contributed by atoms with Gasteiger partial charge in [0.1, 0.15) is 0 Å². The molecule has 0 fully saturated rings. The molecule has 0 aliphatic rings. The topological polar surface area (TPSA) is 101 Å². The van der Waals surface area contributed by atoms with Crippen molar-refractivity contribution >= 4 is 5.65 Å². The molecule has 0 aliphatic heterocycles. The van der Waals surface area contributed by atoms with Crippen molar-refractivity contribution in [1.82, 2.24) is 30.1 Å². The molecular weight excluding hydrogens is 344 g/mol. The predicted molar refractivity (Wildman–Crippen MR) is 100 cm³/mol. The lowest BCUT2D eigenvalue weighted by Gasteiger charge is -2.09. The van der Waals surface area contributed by atoms with E-state index in [-0.39, 0.29) is 11.6 Å². The van der Waals surface area contributed by atoms with Crippen molar-refractivity contribution in [2.75, 3.05) is 0 Å². The van der Waals surface area contributed by atoms with Gasteiger partial charge in [-0.15, -0.1) is 10.2 Å². The summed E-state index contributed by atoms with van der Waals surface area (Å²) < 4.78 is 7.21. The molecular formula is C19H20N6O2. The van der Waals surface area contributed by atoms with E-state index in [1.165, 1.54) is 21.7 Å². The molecule has 138 valence electrons. The van der Waals surface area contributed by atoms with Gasteiger partial charge in [-0.25, -0.2) is 9.50 Å². The highest BCUT2D eigenvalue weighted by Gasteiger charge is 2.15. The molecule has 4 rings (SSSR count). The first kappa shape index (κ1) is 17.2. The van der Waals surface area contributed by atoms with E-state index in [9.17, 15) is 4.79 Å². The highest BCUT2D eigenvalue weighted by atomic mass is 16.4. The molecule has 1 unspecified atom stereocenters. The number of hydrogen-bond acceptors (Lipinski definition) is 6. The summed E-state index contributed by atoms with van der Waals surface area (Å²) in [5, 5.41) is 14.4. The molecule has 0 amide bonds. The van der Waals surface area contributed by atoms with Crippen LogP contribution in [0, 0.1) is 13.8 Å². The first-order valence-electron chi connectivity index (χ1n) is 8.72. The quantitative estimate of drug-likeness (QED) is 0.564. The number of nitrogens with one attached hydrogen (secondary N) is 2. The molecule has 2 N–H and O–H groups in total. The number of aryl methyl sites for hydroxylation is 2. The van der Waals surface area contributed by atoms with Crippen molar-refractivity contribution in [3.8, 4) is 11.5 Å². The van der Waals surface area contributed by atoms with E-state index in [1.807, 2.05) is 25.1 Å². The van der Waals surface area contributed by atoms with E-state index >= 15 is 0 Å². The fourth-order valence-electron chi connectivity index (χ4n) is 2.81. The van der Waals surface area contributed by atoms with Crippen LogP contribution in [0.3, 0.4) is 0 Å². The Morgan fingerprint density at radius 3 is 2.85 bits per heavy atom.